The van der Waals surface area contributed by atoms with Crippen LogP contribution < -0.4 is 5.32 Å². The Balaban J connectivity index is 1.00. The molecule has 1 aliphatic heterocycles. The molecule has 190 valence electrons. The van der Waals surface area contributed by atoms with Crippen LogP contribution in [0.4, 0.5) is 0 Å². The zero-order valence-corrected chi connectivity index (χ0v) is 20.2. The number of hydrogen-bond donors (Lipinski definition) is 1. The maximum Gasteiger partial charge on any atom is 0.308 e. The Hall–Kier alpha value is -3.36. The highest BCUT2D eigenvalue weighted by atomic mass is 16.5. The summed E-state index contributed by atoms with van der Waals surface area (Å²) in [5.74, 6) is 2.32. The maximum atomic E-state index is 13.0. The molecule has 4 saturated carbocycles. The lowest BCUT2D eigenvalue weighted by Crippen LogP contribution is -2.53. The van der Waals surface area contributed by atoms with Gasteiger partial charge in [-0.25, -0.2) is 5.01 Å². The lowest BCUT2D eigenvalue weighted by Gasteiger charge is -2.55. The molecule has 2 aromatic rings. The van der Waals surface area contributed by atoms with E-state index in [0.717, 1.165) is 19.3 Å². The average molecular weight is 494 g/mol. The van der Waals surface area contributed by atoms with E-state index in [-0.39, 0.29) is 24.3 Å². The third kappa shape index (κ3) is 4.35. The number of hydrazone groups is 1. The van der Waals surface area contributed by atoms with Gasteiger partial charge < -0.3 is 18.9 Å². The topological polar surface area (TPSA) is 114 Å². The van der Waals surface area contributed by atoms with E-state index < -0.39 is 24.5 Å². The highest BCUT2D eigenvalue weighted by molar-refractivity contribution is 6.01. The number of nitrogens with one attached hydrogen (secondary N) is 1. The lowest BCUT2D eigenvalue weighted by molar-refractivity contribution is -0.153. The Morgan fingerprint density at radius 2 is 1.72 bits per heavy atom. The van der Waals surface area contributed by atoms with E-state index in [1.165, 1.54) is 24.3 Å². The summed E-state index contributed by atoms with van der Waals surface area (Å²) in [6.07, 6.45) is 10.3. The van der Waals surface area contributed by atoms with Crippen molar-refractivity contribution in [2.24, 2.45) is 28.3 Å². The molecule has 5 aliphatic rings. The van der Waals surface area contributed by atoms with Crippen molar-refractivity contribution in [1.82, 2.24) is 10.3 Å². The Bertz CT molecular complexity index is 1120. The van der Waals surface area contributed by atoms with Crippen LogP contribution >= 0.6 is 0 Å². The van der Waals surface area contributed by atoms with Gasteiger partial charge >= 0.3 is 5.97 Å². The molecule has 1 unspecified atom stereocenters. The van der Waals surface area contributed by atoms with Gasteiger partial charge in [0, 0.05) is 18.4 Å². The van der Waals surface area contributed by atoms with Crippen molar-refractivity contribution in [2.45, 2.75) is 57.4 Å². The monoisotopic (exact) mass is 493 g/mol. The molecule has 36 heavy (non-hydrogen) atoms. The summed E-state index contributed by atoms with van der Waals surface area (Å²) in [4.78, 5) is 38.3. The number of rotatable bonds is 8. The van der Waals surface area contributed by atoms with E-state index in [1.54, 1.807) is 36.8 Å². The van der Waals surface area contributed by atoms with Crippen LogP contribution in [-0.4, -0.2) is 41.7 Å². The predicted octanol–water partition coefficient (Wildman–Crippen LogP) is 3.82. The van der Waals surface area contributed by atoms with Gasteiger partial charge in [0.05, 0.1) is 18.9 Å². The summed E-state index contributed by atoms with van der Waals surface area (Å²) in [5.41, 5.74) is 0.378. The second-order valence-electron chi connectivity index (χ2n) is 10.9. The summed E-state index contributed by atoms with van der Waals surface area (Å²) in [7, 11) is 0. The van der Waals surface area contributed by atoms with Crippen molar-refractivity contribution in [3.63, 3.8) is 0 Å². The van der Waals surface area contributed by atoms with Gasteiger partial charge in [-0.15, -0.1) is 0 Å². The van der Waals surface area contributed by atoms with E-state index >= 15 is 0 Å². The van der Waals surface area contributed by atoms with Crippen LogP contribution in [-0.2, 0) is 19.1 Å². The van der Waals surface area contributed by atoms with Crippen molar-refractivity contribution in [3.8, 4) is 0 Å². The molecule has 2 aromatic heterocycles. The van der Waals surface area contributed by atoms with Crippen LogP contribution in [0.3, 0.4) is 0 Å². The Labute approximate surface area is 209 Å². The molecule has 4 aliphatic carbocycles. The van der Waals surface area contributed by atoms with Gasteiger partial charge in [-0.2, -0.15) is 5.10 Å². The molecule has 9 nitrogen and oxygen atoms in total. The molecule has 0 spiro atoms. The fourth-order valence-corrected chi connectivity index (χ4v) is 7.17. The smallest absolute Gasteiger partial charge is 0.308 e. The molecule has 9 heteroatoms. The number of esters is 1. The van der Waals surface area contributed by atoms with Gasteiger partial charge in [-0.1, -0.05) is 0 Å². The van der Waals surface area contributed by atoms with Crippen molar-refractivity contribution in [1.29, 1.82) is 0 Å². The molecule has 0 saturated heterocycles. The molecule has 0 radical (unpaired) electrons. The number of hydrogen-bond acceptors (Lipinski definition) is 7. The molecule has 4 bridgehead atoms. The number of nitrogens with zero attached hydrogens (tertiary/aromatic N) is 2. The quantitative estimate of drug-likeness (QED) is 0.559. The molecule has 2 amide bonds. The highest BCUT2D eigenvalue weighted by Crippen LogP contribution is 2.60. The lowest BCUT2D eigenvalue weighted by atomic mass is 9.49. The largest absolute Gasteiger partial charge is 0.467 e. The molecule has 4 fully saturated rings. The number of ether oxygens (including phenoxy) is 1. The summed E-state index contributed by atoms with van der Waals surface area (Å²) in [6.45, 7) is -0.221. The number of carbonyl (C=O) groups excluding carboxylic acids is 3. The fraction of sp³-hybridized carbons (Fsp3) is 0.556. The zero-order valence-electron chi connectivity index (χ0n) is 20.2. The summed E-state index contributed by atoms with van der Waals surface area (Å²) in [6, 6.07) is 6.63. The maximum absolute atomic E-state index is 13.0. The van der Waals surface area contributed by atoms with Crippen LogP contribution in [0.15, 0.2) is 50.7 Å². The van der Waals surface area contributed by atoms with Gasteiger partial charge in [0.25, 0.3) is 5.91 Å². The number of amides is 2. The summed E-state index contributed by atoms with van der Waals surface area (Å²) < 4.78 is 16.2. The second kappa shape index (κ2) is 9.26. The molecule has 0 aromatic carbocycles. The number of furan rings is 2. The SMILES string of the molecule is O=C(CCNC(=O)C12CC3CC(CC(C3)C1)C2)OCC(=O)N1N=C(c2ccco2)CC1c1ccco1. The van der Waals surface area contributed by atoms with Crippen LogP contribution in [0.25, 0.3) is 0 Å². The average Bonchev–Trinajstić information content (AvgIpc) is 3.62. The first kappa shape index (κ1) is 23.1. The minimum Gasteiger partial charge on any atom is -0.467 e. The minimum atomic E-state index is -0.529. The van der Waals surface area contributed by atoms with Gasteiger partial charge in [0.15, 0.2) is 6.61 Å². The highest BCUT2D eigenvalue weighted by Gasteiger charge is 2.54. The van der Waals surface area contributed by atoms with Gasteiger partial charge in [0.2, 0.25) is 5.91 Å². The van der Waals surface area contributed by atoms with E-state index in [1.807, 2.05) is 0 Å². The van der Waals surface area contributed by atoms with Gasteiger partial charge in [-0.05, 0) is 80.5 Å². The minimum absolute atomic E-state index is 0.0217. The summed E-state index contributed by atoms with van der Waals surface area (Å²) in [5, 5.41) is 8.69. The third-order valence-electron chi connectivity index (χ3n) is 8.33. The van der Waals surface area contributed by atoms with E-state index in [4.69, 9.17) is 13.6 Å². The first-order valence-corrected chi connectivity index (χ1v) is 12.9. The standard InChI is InChI=1S/C27H31N3O6/c31-24(30-21(23-4-2-8-35-23)12-20(29-30)22-3-1-7-34-22)16-36-25(32)5-6-28-26(33)27-13-17-9-18(14-27)11-19(10-17)15-27/h1-4,7-8,17-19,21H,5-6,9-16H2,(H,28,33). The van der Waals surface area contributed by atoms with Crippen LogP contribution in [0.1, 0.15) is 68.9 Å². The van der Waals surface area contributed by atoms with Gasteiger partial charge in [-0.3, -0.25) is 14.4 Å². The first-order chi connectivity index (χ1) is 17.5. The van der Waals surface area contributed by atoms with E-state index in [9.17, 15) is 14.4 Å². The summed E-state index contributed by atoms with van der Waals surface area (Å²) >= 11 is 0. The predicted molar refractivity (Wildman–Crippen MR) is 127 cm³/mol. The molecule has 1 atom stereocenters. The zero-order chi connectivity index (χ0) is 24.7. The van der Waals surface area contributed by atoms with Crippen molar-refractivity contribution in [2.75, 3.05) is 13.2 Å². The number of carbonyl (C=O) groups is 3. The molecular weight excluding hydrogens is 462 g/mol. The van der Waals surface area contributed by atoms with Crippen molar-refractivity contribution in [3.05, 3.63) is 48.3 Å². The van der Waals surface area contributed by atoms with E-state index in [0.29, 0.717) is 41.4 Å². The van der Waals surface area contributed by atoms with Crippen LogP contribution in [0.5, 0.6) is 0 Å². The Morgan fingerprint density at radius 3 is 2.36 bits per heavy atom. The second-order valence-corrected chi connectivity index (χ2v) is 10.9. The van der Waals surface area contributed by atoms with E-state index in [2.05, 4.69) is 10.4 Å². The molecule has 7 rings (SSSR count). The van der Waals surface area contributed by atoms with Crippen molar-refractivity contribution < 1.29 is 28.0 Å². The first-order valence-electron chi connectivity index (χ1n) is 12.9. The Kier molecular flexibility index (Phi) is 5.93. The third-order valence-corrected chi connectivity index (χ3v) is 8.33. The van der Waals surface area contributed by atoms with Crippen LogP contribution in [0, 0.1) is 23.2 Å². The fourth-order valence-electron chi connectivity index (χ4n) is 7.17. The molecule has 3 heterocycles. The van der Waals surface area contributed by atoms with Crippen LogP contribution in [0.2, 0.25) is 0 Å². The Morgan fingerprint density at radius 1 is 1.03 bits per heavy atom. The molecule has 1 N–H and O–H groups in total. The normalized spacial score (nSPS) is 30.3. The van der Waals surface area contributed by atoms with Crippen molar-refractivity contribution >= 4 is 23.5 Å². The van der Waals surface area contributed by atoms with Gasteiger partial charge in [0.1, 0.15) is 23.3 Å². The molecular formula is C27H31N3O6.